The number of carbonyl (C=O) groups excluding carboxylic acids is 1. The van der Waals surface area contributed by atoms with Crippen molar-refractivity contribution in [2.45, 2.75) is 18.9 Å². The van der Waals surface area contributed by atoms with Crippen molar-refractivity contribution in [3.8, 4) is 0 Å². The fraction of sp³-hybridized carbons (Fsp3) is 0.267. The Labute approximate surface area is 121 Å². The van der Waals surface area contributed by atoms with Crippen molar-refractivity contribution in [2.24, 2.45) is 0 Å². The Morgan fingerprint density at radius 3 is 2.84 bits per heavy atom. The van der Waals surface area contributed by atoms with Crippen molar-refractivity contribution in [3.05, 3.63) is 57.2 Å². The third kappa shape index (κ3) is 2.40. The van der Waals surface area contributed by atoms with Crippen LogP contribution in [-0.4, -0.2) is 17.4 Å². The lowest BCUT2D eigenvalue weighted by Gasteiger charge is -2.25. The van der Waals surface area contributed by atoms with Crippen LogP contribution in [0.3, 0.4) is 0 Å². The molecule has 4 heteroatoms. The SMILES string of the molecule is O=C(c1cccs1)N1CCC[C@H]1c1ccccc1Cl. The topological polar surface area (TPSA) is 20.3 Å². The van der Waals surface area contributed by atoms with Gasteiger partial charge in [0, 0.05) is 11.6 Å². The first-order valence-corrected chi connectivity index (χ1v) is 7.62. The molecule has 1 fully saturated rings. The average molecular weight is 292 g/mol. The predicted molar refractivity (Wildman–Crippen MR) is 78.8 cm³/mol. The molecule has 1 aromatic carbocycles. The standard InChI is InChI=1S/C15H14ClNOS/c16-12-6-2-1-5-11(12)13-7-3-9-17(13)15(18)14-8-4-10-19-14/h1-2,4-6,8,10,13H,3,7,9H2/t13-/m0/s1. The lowest BCUT2D eigenvalue weighted by Crippen LogP contribution is -2.30. The van der Waals surface area contributed by atoms with Gasteiger partial charge in [-0.1, -0.05) is 35.9 Å². The summed E-state index contributed by atoms with van der Waals surface area (Å²) in [7, 11) is 0. The first-order valence-electron chi connectivity index (χ1n) is 6.36. The number of thiophene rings is 1. The summed E-state index contributed by atoms with van der Waals surface area (Å²) in [5.74, 6) is 0.123. The van der Waals surface area contributed by atoms with E-state index in [4.69, 9.17) is 11.6 Å². The summed E-state index contributed by atoms with van der Waals surface area (Å²) < 4.78 is 0. The lowest BCUT2D eigenvalue weighted by atomic mass is 10.0. The molecular weight excluding hydrogens is 278 g/mol. The number of rotatable bonds is 2. The van der Waals surface area contributed by atoms with Gasteiger partial charge in [-0.3, -0.25) is 4.79 Å². The number of nitrogens with zero attached hydrogens (tertiary/aromatic N) is 1. The number of hydrogen-bond donors (Lipinski definition) is 0. The highest BCUT2D eigenvalue weighted by Gasteiger charge is 2.31. The minimum Gasteiger partial charge on any atom is -0.331 e. The molecule has 0 spiro atoms. The average Bonchev–Trinajstić information content (AvgIpc) is 3.10. The monoisotopic (exact) mass is 291 g/mol. The zero-order chi connectivity index (χ0) is 13.2. The minimum absolute atomic E-state index is 0.114. The van der Waals surface area contributed by atoms with Crippen LogP contribution in [0.1, 0.15) is 34.1 Å². The van der Waals surface area contributed by atoms with Crippen LogP contribution in [0, 0.1) is 0 Å². The highest BCUT2D eigenvalue weighted by atomic mass is 35.5. The molecule has 2 aromatic rings. The summed E-state index contributed by atoms with van der Waals surface area (Å²) in [6.07, 6.45) is 2.02. The second kappa shape index (κ2) is 5.35. The zero-order valence-corrected chi connectivity index (χ0v) is 12.0. The molecule has 0 radical (unpaired) electrons. The van der Waals surface area contributed by atoms with E-state index in [1.54, 1.807) is 0 Å². The molecule has 98 valence electrons. The molecule has 1 aliphatic heterocycles. The number of benzene rings is 1. The van der Waals surface area contributed by atoms with Crippen LogP contribution >= 0.6 is 22.9 Å². The predicted octanol–water partition coefficient (Wildman–Crippen LogP) is 4.38. The van der Waals surface area contributed by atoms with E-state index in [2.05, 4.69) is 0 Å². The highest BCUT2D eigenvalue weighted by Crippen LogP contribution is 2.36. The Hall–Kier alpha value is -1.32. The largest absolute Gasteiger partial charge is 0.331 e. The van der Waals surface area contributed by atoms with E-state index >= 15 is 0 Å². The van der Waals surface area contributed by atoms with Gasteiger partial charge in [0.05, 0.1) is 10.9 Å². The van der Waals surface area contributed by atoms with Crippen molar-refractivity contribution < 1.29 is 4.79 Å². The van der Waals surface area contributed by atoms with Gasteiger partial charge < -0.3 is 4.90 Å². The first kappa shape index (κ1) is 12.7. The molecule has 1 saturated heterocycles. The van der Waals surface area contributed by atoms with Crippen LogP contribution in [0.25, 0.3) is 0 Å². The summed E-state index contributed by atoms with van der Waals surface area (Å²) in [6.45, 7) is 0.812. The fourth-order valence-electron chi connectivity index (χ4n) is 2.62. The quantitative estimate of drug-likeness (QED) is 0.804. The molecule has 1 aliphatic rings. The minimum atomic E-state index is 0.114. The third-order valence-corrected chi connectivity index (χ3v) is 4.71. The molecule has 3 rings (SSSR count). The van der Waals surface area contributed by atoms with Crippen molar-refractivity contribution in [2.75, 3.05) is 6.54 Å². The first-order chi connectivity index (χ1) is 9.27. The molecular formula is C15H14ClNOS. The lowest BCUT2D eigenvalue weighted by molar-refractivity contribution is 0.0740. The molecule has 1 amide bonds. The Balaban J connectivity index is 1.90. The number of likely N-dealkylation sites (tertiary alicyclic amines) is 1. The summed E-state index contributed by atoms with van der Waals surface area (Å²) in [4.78, 5) is 15.3. The molecule has 1 aromatic heterocycles. The van der Waals surface area contributed by atoms with Crippen LogP contribution in [-0.2, 0) is 0 Å². The number of hydrogen-bond acceptors (Lipinski definition) is 2. The molecule has 19 heavy (non-hydrogen) atoms. The van der Waals surface area contributed by atoms with Gasteiger partial charge in [0.1, 0.15) is 0 Å². The Morgan fingerprint density at radius 1 is 1.26 bits per heavy atom. The van der Waals surface area contributed by atoms with Gasteiger partial charge in [0.2, 0.25) is 0 Å². The maximum Gasteiger partial charge on any atom is 0.264 e. The number of carbonyl (C=O) groups is 1. The fourth-order valence-corrected chi connectivity index (χ4v) is 3.56. The molecule has 2 heterocycles. The zero-order valence-electron chi connectivity index (χ0n) is 10.4. The van der Waals surface area contributed by atoms with Gasteiger partial charge in [-0.2, -0.15) is 0 Å². The van der Waals surface area contributed by atoms with Gasteiger partial charge >= 0.3 is 0 Å². The van der Waals surface area contributed by atoms with Gasteiger partial charge in [-0.25, -0.2) is 0 Å². The smallest absolute Gasteiger partial charge is 0.264 e. The second-order valence-electron chi connectivity index (χ2n) is 4.66. The van der Waals surface area contributed by atoms with E-state index in [1.807, 2.05) is 46.7 Å². The summed E-state index contributed by atoms with van der Waals surface area (Å²) in [5.41, 5.74) is 1.06. The molecule has 0 N–H and O–H groups in total. The van der Waals surface area contributed by atoms with E-state index in [0.29, 0.717) is 0 Å². The van der Waals surface area contributed by atoms with E-state index in [1.165, 1.54) is 11.3 Å². The van der Waals surface area contributed by atoms with Crippen LogP contribution in [0.15, 0.2) is 41.8 Å². The van der Waals surface area contributed by atoms with Crippen molar-refractivity contribution in [3.63, 3.8) is 0 Å². The Kier molecular flexibility index (Phi) is 3.58. The maximum absolute atomic E-state index is 12.5. The van der Waals surface area contributed by atoms with E-state index in [-0.39, 0.29) is 11.9 Å². The van der Waals surface area contributed by atoms with Crippen LogP contribution in [0.4, 0.5) is 0 Å². The van der Waals surface area contributed by atoms with Crippen molar-refractivity contribution >= 4 is 28.8 Å². The van der Waals surface area contributed by atoms with Crippen LogP contribution in [0.5, 0.6) is 0 Å². The highest BCUT2D eigenvalue weighted by molar-refractivity contribution is 7.12. The van der Waals surface area contributed by atoms with E-state index in [0.717, 1.165) is 34.8 Å². The van der Waals surface area contributed by atoms with Gasteiger partial charge in [0.15, 0.2) is 0 Å². The number of halogens is 1. The molecule has 1 atom stereocenters. The normalized spacial score (nSPS) is 18.8. The van der Waals surface area contributed by atoms with E-state index in [9.17, 15) is 4.79 Å². The summed E-state index contributed by atoms with van der Waals surface area (Å²) in [5, 5.41) is 2.69. The van der Waals surface area contributed by atoms with Gasteiger partial charge in [0.25, 0.3) is 5.91 Å². The van der Waals surface area contributed by atoms with Crippen LogP contribution < -0.4 is 0 Å². The molecule has 0 saturated carbocycles. The number of amides is 1. The molecule has 0 bridgehead atoms. The molecule has 0 aliphatic carbocycles. The van der Waals surface area contributed by atoms with Gasteiger partial charge in [-0.05, 0) is 35.9 Å². The Bertz CT molecular complexity index is 582. The Morgan fingerprint density at radius 2 is 2.11 bits per heavy atom. The van der Waals surface area contributed by atoms with E-state index < -0.39 is 0 Å². The van der Waals surface area contributed by atoms with Crippen molar-refractivity contribution in [1.29, 1.82) is 0 Å². The summed E-state index contributed by atoms with van der Waals surface area (Å²) in [6, 6.07) is 11.7. The second-order valence-corrected chi connectivity index (χ2v) is 6.01. The van der Waals surface area contributed by atoms with Gasteiger partial charge in [-0.15, -0.1) is 11.3 Å². The third-order valence-electron chi connectivity index (χ3n) is 3.51. The molecule has 0 unspecified atom stereocenters. The van der Waals surface area contributed by atoms with Crippen molar-refractivity contribution in [1.82, 2.24) is 4.90 Å². The van der Waals surface area contributed by atoms with Crippen LogP contribution in [0.2, 0.25) is 5.02 Å². The summed E-state index contributed by atoms with van der Waals surface area (Å²) >= 11 is 7.76. The maximum atomic E-state index is 12.5. The molecule has 2 nitrogen and oxygen atoms in total.